The molecule has 0 saturated carbocycles. The Morgan fingerprint density at radius 1 is 1.00 bits per heavy atom. The summed E-state index contributed by atoms with van der Waals surface area (Å²) in [6.07, 6.45) is 2.03. The van der Waals surface area contributed by atoms with Crippen molar-refractivity contribution in [2.24, 2.45) is 5.41 Å². The van der Waals surface area contributed by atoms with Crippen LogP contribution in [0.4, 0.5) is 5.69 Å². The minimum atomic E-state index is -1.12. The van der Waals surface area contributed by atoms with Crippen molar-refractivity contribution in [1.29, 1.82) is 0 Å². The first-order valence-corrected chi connectivity index (χ1v) is 16.9. The number of carboxylic acids is 1. The van der Waals surface area contributed by atoms with E-state index in [-0.39, 0.29) is 11.5 Å². The Morgan fingerprint density at radius 3 is 2.35 bits per heavy atom. The van der Waals surface area contributed by atoms with Crippen molar-refractivity contribution < 1.29 is 19.4 Å². The maximum absolute atomic E-state index is 12.8. The number of para-hydroxylation sites is 1. The number of pyridine rings is 1. The molecule has 1 aromatic heterocycles. The van der Waals surface area contributed by atoms with Crippen LogP contribution in [0.15, 0.2) is 42.5 Å². The Bertz CT molecular complexity index is 1560. The number of benzene rings is 2. The summed E-state index contributed by atoms with van der Waals surface area (Å²) < 4.78 is 12.4. The van der Waals surface area contributed by atoms with E-state index in [0.29, 0.717) is 11.3 Å². The molecule has 46 heavy (non-hydrogen) atoms. The number of aliphatic carboxylic acids is 1. The van der Waals surface area contributed by atoms with Crippen LogP contribution in [0.25, 0.3) is 11.1 Å². The van der Waals surface area contributed by atoms with Crippen molar-refractivity contribution in [3.8, 4) is 16.9 Å². The summed E-state index contributed by atoms with van der Waals surface area (Å²) in [5.74, 6) is -0.0281. The summed E-state index contributed by atoms with van der Waals surface area (Å²) >= 11 is 0. The van der Waals surface area contributed by atoms with Gasteiger partial charge in [-0.15, -0.1) is 0 Å². The quantitative estimate of drug-likeness (QED) is 0.256. The van der Waals surface area contributed by atoms with Crippen LogP contribution < -0.4 is 9.64 Å². The molecule has 7 nitrogen and oxygen atoms in total. The number of anilines is 1. The van der Waals surface area contributed by atoms with Gasteiger partial charge in [0.1, 0.15) is 5.75 Å². The molecule has 3 heterocycles. The van der Waals surface area contributed by atoms with Gasteiger partial charge >= 0.3 is 5.97 Å². The summed E-state index contributed by atoms with van der Waals surface area (Å²) in [7, 11) is 0. The third-order valence-electron chi connectivity index (χ3n) is 9.29. The predicted octanol–water partition coefficient (Wildman–Crippen LogP) is 8.28. The number of carboxylic acid groups (broad SMARTS) is 1. The number of ether oxygens (including phenoxy) is 2. The van der Waals surface area contributed by atoms with E-state index in [1.807, 2.05) is 33.8 Å². The third kappa shape index (κ3) is 7.75. The number of hydrogen-bond donors (Lipinski definition) is 1. The molecular formula is C39H53N3O4. The molecule has 5 rings (SSSR count). The van der Waals surface area contributed by atoms with Gasteiger partial charge in [-0.05, 0) is 95.9 Å². The van der Waals surface area contributed by atoms with E-state index in [9.17, 15) is 9.90 Å². The van der Waals surface area contributed by atoms with Gasteiger partial charge in [-0.1, -0.05) is 50.2 Å². The molecule has 0 spiro atoms. The lowest BCUT2D eigenvalue weighted by Gasteiger charge is -2.41. The van der Waals surface area contributed by atoms with Crippen LogP contribution in [0.2, 0.25) is 0 Å². The number of piperidine rings is 1. The molecule has 1 N–H and O–H groups in total. The van der Waals surface area contributed by atoms with Crippen LogP contribution in [0.1, 0.15) is 101 Å². The molecule has 1 fully saturated rings. The van der Waals surface area contributed by atoms with Gasteiger partial charge in [-0.25, -0.2) is 4.79 Å². The Balaban J connectivity index is 1.54. The van der Waals surface area contributed by atoms with Crippen LogP contribution in [0.3, 0.4) is 0 Å². The van der Waals surface area contributed by atoms with Crippen LogP contribution in [0.5, 0.6) is 5.75 Å². The van der Waals surface area contributed by atoms with E-state index >= 15 is 0 Å². The first-order valence-electron chi connectivity index (χ1n) is 16.9. The van der Waals surface area contributed by atoms with Crippen LogP contribution in [-0.4, -0.2) is 52.3 Å². The number of hydrogen-bond acceptors (Lipinski definition) is 6. The lowest BCUT2D eigenvalue weighted by atomic mass is 9.81. The molecule has 1 saturated heterocycles. The Kier molecular flexibility index (Phi) is 9.86. The van der Waals surface area contributed by atoms with Crippen molar-refractivity contribution in [2.75, 3.05) is 24.5 Å². The molecule has 0 aliphatic carbocycles. The zero-order valence-corrected chi connectivity index (χ0v) is 29.4. The van der Waals surface area contributed by atoms with Gasteiger partial charge < -0.3 is 19.5 Å². The fourth-order valence-electron chi connectivity index (χ4n) is 6.90. The second-order valence-corrected chi connectivity index (χ2v) is 15.2. The van der Waals surface area contributed by atoms with Crippen molar-refractivity contribution in [3.05, 3.63) is 76.1 Å². The van der Waals surface area contributed by atoms with Crippen LogP contribution >= 0.6 is 0 Å². The zero-order valence-electron chi connectivity index (χ0n) is 29.4. The summed E-state index contributed by atoms with van der Waals surface area (Å²) in [5, 5.41) is 10.5. The molecule has 3 aromatic rings. The molecular weight excluding hydrogens is 574 g/mol. The summed E-state index contributed by atoms with van der Waals surface area (Å²) in [5.41, 5.74) is 8.89. The number of aryl methyl sites for hydroxylation is 2. The second-order valence-electron chi connectivity index (χ2n) is 15.2. The van der Waals surface area contributed by atoms with Crippen molar-refractivity contribution in [2.45, 2.75) is 112 Å². The van der Waals surface area contributed by atoms with Gasteiger partial charge in [0.15, 0.2) is 6.10 Å². The number of fused-ring (bicyclic) bond motifs is 1. The molecule has 2 aromatic carbocycles. The van der Waals surface area contributed by atoms with E-state index in [4.69, 9.17) is 14.5 Å². The highest BCUT2D eigenvalue weighted by atomic mass is 16.5. The Morgan fingerprint density at radius 2 is 1.70 bits per heavy atom. The number of aromatic nitrogens is 1. The molecule has 0 amide bonds. The number of carbonyl (C=O) groups is 1. The lowest BCUT2D eigenvalue weighted by Crippen LogP contribution is -2.39. The maximum Gasteiger partial charge on any atom is 0.337 e. The van der Waals surface area contributed by atoms with E-state index in [0.717, 1.165) is 80.2 Å². The molecule has 0 radical (unpaired) electrons. The highest BCUT2D eigenvalue weighted by Crippen LogP contribution is 2.45. The number of rotatable bonds is 9. The molecule has 2 aliphatic heterocycles. The molecule has 1 atom stereocenters. The van der Waals surface area contributed by atoms with Crippen molar-refractivity contribution in [1.82, 2.24) is 9.88 Å². The molecule has 248 valence electrons. The molecule has 1 unspecified atom stereocenters. The summed E-state index contributed by atoms with van der Waals surface area (Å²) in [6, 6.07) is 15.1. The largest absolute Gasteiger partial charge is 0.491 e. The zero-order chi connectivity index (χ0) is 33.4. The van der Waals surface area contributed by atoms with Crippen molar-refractivity contribution >= 4 is 11.7 Å². The molecule has 0 bridgehead atoms. The maximum atomic E-state index is 12.8. The topological polar surface area (TPSA) is 75.1 Å². The first-order chi connectivity index (χ1) is 21.6. The van der Waals surface area contributed by atoms with Gasteiger partial charge in [0.2, 0.25) is 0 Å². The highest BCUT2D eigenvalue weighted by molar-refractivity contribution is 5.88. The average molecular weight is 628 g/mol. The average Bonchev–Trinajstić information content (AvgIpc) is 2.96. The van der Waals surface area contributed by atoms with Gasteiger partial charge in [0.05, 0.1) is 17.4 Å². The minimum Gasteiger partial charge on any atom is -0.491 e. The van der Waals surface area contributed by atoms with Gasteiger partial charge in [0, 0.05) is 60.8 Å². The Hall–Kier alpha value is -3.42. The summed E-state index contributed by atoms with van der Waals surface area (Å²) in [4.78, 5) is 22.7. The Labute approximate surface area is 275 Å². The standard InChI is InChI=1S/C39H53N3O4/c1-25(2)45-32-13-11-10-12-31(32)24-41-19-16-28-22-29(14-15-30(28)23-41)33-26(3)40-27(4)34(36(37(43)44)46-38(5,6)7)35(33)42-20-17-39(8,9)18-21-42/h10-15,22,25,36H,16-21,23-24H2,1-9H3,(H,43,44). The first kappa shape index (κ1) is 33.9. The van der Waals surface area contributed by atoms with E-state index < -0.39 is 17.7 Å². The van der Waals surface area contributed by atoms with Gasteiger partial charge in [0.25, 0.3) is 0 Å². The van der Waals surface area contributed by atoms with Crippen molar-refractivity contribution in [3.63, 3.8) is 0 Å². The normalized spacial score (nSPS) is 17.6. The SMILES string of the molecule is Cc1nc(C)c(C(OC(C)(C)C)C(=O)O)c(N2CCC(C)(C)CC2)c1-c1ccc2c(c1)CCN(Cc1ccccc1OC(C)C)C2. The van der Waals surface area contributed by atoms with Gasteiger partial charge in [-0.3, -0.25) is 9.88 Å². The van der Waals surface area contributed by atoms with E-state index in [2.05, 4.69) is 80.8 Å². The highest BCUT2D eigenvalue weighted by Gasteiger charge is 2.36. The van der Waals surface area contributed by atoms with E-state index in [1.165, 1.54) is 16.7 Å². The summed E-state index contributed by atoms with van der Waals surface area (Å²) in [6.45, 7) is 22.9. The minimum absolute atomic E-state index is 0.133. The lowest BCUT2D eigenvalue weighted by molar-refractivity contribution is -0.160. The third-order valence-corrected chi connectivity index (χ3v) is 9.29. The second kappa shape index (κ2) is 13.4. The predicted molar refractivity (Wildman–Crippen MR) is 186 cm³/mol. The molecule has 7 heteroatoms. The fraction of sp³-hybridized carbons (Fsp3) is 0.538. The van der Waals surface area contributed by atoms with E-state index in [1.54, 1.807) is 0 Å². The monoisotopic (exact) mass is 627 g/mol. The fourth-order valence-corrected chi connectivity index (χ4v) is 6.90. The number of nitrogens with zero attached hydrogens (tertiary/aromatic N) is 3. The van der Waals surface area contributed by atoms with Gasteiger partial charge in [-0.2, -0.15) is 0 Å². The van der Waals surface area contributed by atoms with Crippen LogP contribution in [-0.2, 0) is 29.0 Å². The van der Waals surface area contributed by atoms with Crippen LogP contribution in [0, 0.1) is 19.3 Å². The molecule has 2 aliphatic rings. The smallest absolute Gasteiger partial charge is 0.337 e.